The minimum Gasteiger partial charge on any atom is -0.442 e. The number of carbonyl (C=O) groups is 3. The van der Waals surface area contributed by atoms with Gasteiger partial charge in [-0.1, -0.05) is 67.5 Å². The summed E-state index contributed by atoms with van der Waals surface area (Å²) in [5.74, 6) is -6.27. The SMILES string of the molecule is O=C(Cc1ccc(OC(=O)NCCCC(O)(O[P+](=O)O)O[P+](=O)O)cc1)OCn1nnnc1CCCCCCN1C(=O)CC[C@@H]1/C=C/[C@@H](O)C(F)(F)c1ccccc1. The van der Waals surface area contributed by atoms with E-state index in [-0.39, 0.29) is 49.4 Å². The number of nitrogens with zero attached hydrogens (tertiary/aromatic N) is 5. The van der Waals surface area contributed by atoms with Crippen LogP contribution in [0.15, 0.2) is 66.7 Å². The predicted octanol–water partition coefficient (Wildman–Crippen LogP) is 4.07. The monoisotopic (exact) mass is 856 g/mol. The van der Waals surface area contributed by atoms with Crippen LogP contribution in [-0.2, 0) is 58.0 Å². The Labute approximate surface area is 332 Å². The van der Waals surface area contributed by atoms with Gasteiger partial charge in [-0.15, -0.1) is 14.9 Å². The van der Waals surface area contributed by atoms with Crippen LogP contribution in [0.3, 0.4) is 0 Å². The van der Waals surface area contributed by atoms with E-state index < -0.39 is 53.0 Å². The molecule has 0 spiro atoms. The molecule has 1 aromatic heterocycles. The molecule has 1 aliphatic heterocycles. The van der Waals surface area contributed by atoms with Crippen molar-refractivity contribution in [1.29, 1.82) is 0 Å². The Kier molecular flexibility index (Phi) is 17.8. The van der Waals surface area contributed by atoms with Gasteiger partial charge in [-0.2, -0.15) is 13.5 Å². The maximum absolute atomic E-state index is 14.7. The second-order valence-corrected chi connectivity index (χ2v) is 14.3. The fraction of sp³-hybridized carbons (Fsp3) is 0.486. The molecule has 0 saturated carbocycles. The molecular weight excluding hydrogens is 812 g/mol. The summed E-state index contributed by atoms with van der Waals surface area (Å²) < 4.78 is 71.3. The summed E-state index contributed by atoms with van der Waals surface area (Å²) in [6.07, 6.45) is 3.18. The number of halogens is 2. The number of aromatic nitrogens is 4. The number of unbranched alkanes of at least 4 members (excludes halogenated alkanes) is 3. The molecule has 2 amide bonds. The van der Waals surface area contributed by atoms with Gasteiger partial charge in [0.05, 0.1) is 12.5 Å². The van der Waals surface area contributed by atoms with Crippen molar-refractivity contribution in [2.45, 2.75) is 95.0 Å². The van der Waals surface area contributed by atoms with Crippen molar-refractivity contribution in [2.24, 2.45) is 0 Å². The highest BCUT2D eigenvalue weighted by atomic mass is 31.1. The number of carbonyl (C=O) groups excluding carboxylic acids is 3. The van der Waals surface area contributed by atoms with E-state index in [1.165, 1.54) is 47.2 Å². The molecule has 314 valence electrons. The summed E-state index contributed by atoms with van der Waals surface area (Å²) >= 11 is 0. The van der Waals surface area contributed by atoms with Gasteiger partial charge in [0.1, 0.15) is 11.9 Å². The molecule has 19 nitrogen and oxygen atoms in total. The molecule has 2 heterocycles. The van der Waals surface area contributed by atoms with Crippen LogP contribution in [0.5, 0.6) is 5.75 Å². The third-order valence-corrected chi connectivity index (χ3v) is 9.67. The Morgan fingerprint density at radius 3 is 2.38 bits per heavy atom. The quantitative estimate of drug-likeness (QED) is 0.0280. The van der Waals surface area contributed by atoms with Gasteiger partial charge in [0.25, 0.3) is 0 Å². The Morgan fingerprint density at radius 2 is 1.69 bits per heavy atom. The molecule has 1 saturated heterocycles. The van der Waals surface area contributed by atoms with Crippen molar-refractivity contribution in [3.05, 3.63) is 83.7 Å². The molecule has 0 bridgehead atoms. The van der Waals surface area contributed by atoms with E-state index in [0.29, 0.717) is 50.0 Å². The number of nitrogens with one attached hydrogen (secondary N) is 1. The third-order valence-electron chi connectivity index (χ3n) is 8.79. The van der Waals surface area contributed by atoms with Crippen molar-refractivity contribution in [1.82, 2.24) is 30.4 Å². The van der Waals surface area contributed by atoms with Crippen molar-refractivity contribution in [2.75, 3.05) is 13.1 Å². The first-order chi connectivity index (χ1) is 27.6. The average molecular weight is 857 g/mol. The molecule has 2 unspecified atom stereocenters. The molecule has 23 heteroatoms. The van der Waals surface area contributed by atoms with E-state index in [2.05, 4.69) is 29.9 Å². The summed E-state index contributed by atoms with van der Waals surface area (Å²) in [6.45, 7) is 0.107. The number of alkyl halides is 2. The average Bonchev–Trinajstić information content (AvgIpc) is 3.78. The molecule has 0 aliphatic carbocycles. The minimum absolute atomic E-state index is 0.0606. The zero-order chi connectivity index (χ0) is 42.1. The first-order valence-electron chi connectivity index (χ1n) is 18.1. The minimum atomic E-state index is -3.47. The fourth-order valence-corrected chi connectivity index (χ4v) is 6.68. The topological polar surface area (TPSA) is 262 Å². The largest absolute Gasteiger partial charge is 0.700 e. The number of hydrogen-bond acceptors (Lipinski definition) is 14. The lowest BCUT2D eigenvalue weighted by Gasteiger charge is -2.24. The second kappa shape index (κ2) is 22.4. The van der Waals surface area contributed by atoms with Crippen LogP contribution >= 0.6 is 16.5 Å². The summed E-state index contributed by atoms with van der Waals surface area (Å²) in [5, 5.41) is 34.1. The number of amides is 2. The van der Waals surface area contributed by atoms with E-state index in [0.717, 1.165) is 18.9 Å². The zero-order valence-corrected chi connectivity index (χ0v) is 32.8. The number of aliphatic hydroxyl groups excluding tert-OH is 1. The van der Waals surface area contributed by atoms with Crippen LogP contribution in [0.2, 0.25) is 0 Å². The lowest BCUT2D eigenvalue weighted by Crippen LogP contribution is -2.34. The number of benzene rings is 2. The number of aliphatic hydroxyl groups is 2. The molecule has 5 N–H and O–H groups in total. The van der Waals surface area contributed by atoms with Gasteiger partial charge in [-0.05, 0) is 62.9 Å². The Balaban J connectivity index is 1.11. The van der Waals surface area contributed by atoms with Crippen molar-refractivity contribution in [3.8, 4) is 5.75 Å². The predicted molar refractivity (Wildman–Crippen MR) is 196 cm³/mol. The smallest absolute Gasteiger partial charge is 0.442 e. The summed E-state index contributed by atoms with van der Waals surface area (Å²) in [5.41, 5.74) is 0.264. The van der Waals surface area contributed by atoms with Crippen LogP contribution in [-0.4, -0.2) is 94.3 Å². The molecule has 58 heavy (non-hydrogen) atoms. The first-order valence-corrected chi connectivity index (χ1v) is 20.4. The van der Waals surface area contributed by atoms with Gasteiger partial charge in [0.2, 0.25) is 5.91 Å². The molecule has 3 aromatic rings. The number of hydrogen-bond donors (Lipinski definition) is 5. The molecular formula is C35H44F2N6O13P2+2. The van der Waals surface area contributed by atoms with Crippen LogP contribution in [0.1, 0.15) is 68.3 Å². The van der Waals surface area contributed by atoms with Gasteiger partial charge in [-0.3, -0.25) is 9.59 Å². The molecule has 0 radical (unpaired) electrons. The van der Waals surface area contributed by atoms with Crippen molar-refractivity contribution < 1.29 is 70.8 Å². The Morgan fingerprint density at radius 1 is 1.00 bits per heavy atom. The lowest BCUT2D eigenvalue weighted by molar-refractivity contribution is -0.277. The van der Waals surface area contributed by atoms with Gasteiger partial charge in [0, 0.05) is 47.0 Å². The third kappa shape index (κ3) is 14.9. The standard InChI is InChI=1S/C35H42F2N6O13P2/c36-35(37,26-9-4-3-5-10-26)29(44)18-14-27-15-19-31(45)42(27)22-7-2-1-6-11-30-39-40-41-43(30)24-53-32(46)23-25-12-16-28(17-13-25)54-33(47)38-21-8-20-34(48,55-57(49)50)56-58(51)52/h3-5,9-10,12-14,16-18,27,29,44,48H,1-2,6-8,11,15,19-24H2,(H-2,38,47,49,50,51,52)/p+2/b18-14+/t27-,29+/m0/s1. The normalized spacial score (nSPS) is 16.6. The van der Waals surface area contributed by atoms with E-state index in [4.69, 9.17) is 19.3 Å². The number of likely N-dealkylation sites (tertiary alicyclic amines) is 1. The maximum Gasteiger partial charge on any atom is 0.700 e. The number of tetrazole rings is 1. The van der Waals surface area contributed by atoms with E-state index >= 15 is 0 Å². The van der Waals surface area contributed by atoms with Crippen molar-refractivity contribution >= 4 is 34.5 Å². The Hall–Kier alpha value is -4.72. The Bertz CT molecular complexity index is 1860. The van der Waals surface area contributed by atoms with Gasteiger partial charge < -0.3 is 29.9 Å². The van der Waals surface area contributed by atoms with Crippen LogP contribution in [0.4, 0.5) is 13.6 Å². The molecule has 1 aliphatic rings. The van der Waals surface area contributed by atoms with E-state index in [1.807, 2.05) is 0 Å². The van der Waals surface area contributed by atoms with Crippen LogP contribution < -0.4 is 10.1 Å². The maximum atomic E-state index is 14.7. The summed E-state index contributed by atoms with van der Waals surface area (Å²) in [7, 11) is -6.72. The van der Waals surface area contributed by atoms with Crippen LogP contribution in [0.25, 0.3) is 0 Å². The number of esters is 1. The second-order valence-electron chi connectivity index (χ2n) is 13.0. The van der Waals surface area contributed by atoms with Gasteiger partial charge in [-0.25, -0.2) is 4.79 Å². The number of rotatable bonds is 24. The molecule has 2 aromatic carbocycles. The fourth-order valence-electron chi connectivity index (χ4n) is 5.88. The lowest BCUT2D eigenvalue weighted by atomic mass is 10.0. The summed E-state index contributed by atoms with van der Waals surface area (Å²) in [4.78, 5) is 56.4. The highest BCUT2D eigenvalue weighted by molar-refractivity contribution is 7.33. The molecule has 4 rings (SSSR count). The van der Waals surface area contributed by atoms with Crippen LogP contribution in [0, 0.1) is 0 Å². The molecule has 1 fully saturated rings. The highest BCUT2D eigenvalue weighted by Crippen LogP contribution is 2.36. The highest BCUT2D eigenvalue weighted by Gasteiger charge is 2.47. The van der Waals surface area contributed by atoms with Gasteiger partial charge >= 0.3 is 40.5 Å². The zero-order valence-electron chi connectivity index (χ0n) is 31.0. The molecule has 4 atom stereocenters. The van der Waals surface area contributed by atoms with Gasteiger partial charge in [0.15, 0.2) is 12.6 Å². The number of ether oxygens (including phenoxy) is 2. The van der Waals surface area contributed by atoms with E-state index in [1.54, 1.807) is 23.1 Å². The van der Waals surface area contributed by atoms with Crippen molar-refractivity contribution in [3.63, 3.8) is 0 Å². The number of aryl methyl sites for hydroxylation is 1. The van der Waals surface area contributed by atoms with E-state index in [9.17, 15) is 42.5 Å². The first kappa shape index (κ1) is 46.0. The summed E-state index contributed by atoms with van der Waals surface area (Å²) in [6, 6.07) is 12.7.